The Hall–Kier alpha value is -1.33. The molecule has 0 aliphatic carbocycles. The molecule has 0 N–H and O–H groups in total. The van der Waals surface area contributed by atoms with E-state index in [1.807, 2.05) is 23.7 Å². The van der Waals surface area contributed by atoms with Gasteiger partial charge in [-0.3, -0.25) is 0 Å². The van der Waals surface area contributed by atoms with Crippen molar-refractivity contribution in [3.63, 3.8) is 0 Å². The van der Waals surface area contributed by atoms with Crippen LogP contribution < -0.4 is 5.01 Å². The average molecular weight is 267 g/mol. The number of nitrogens with zero attached hydrogens (tertiary/aromatic N) is 4. The largest absolute Gasteiger partial charge is 0.378 e. The molecular weight excluding hydrogens is 252 g/mol. The number of aryl methyl sites for hydroxylation is 1. The van der Waals surface area contributed by atoms with Gasteiger partial charge in [-0.25, -0.2) is 14.6 Å². The van der Waals surface area contributed by atoms with E-state index >= 15 is 0 Å². The Labute approximate surface area is 110 Å². The van der Waals surface area contributed by atoms with E-state index in [-0.39, 0.29) is 0 Å². The number of imidazole rings is 1. The van der Waals surface area contributed by atoms with Crippen LogP contribution in [0, 0.1) is 6.92 Å². The molecule has 96 valence electrons. The normalized spacial score (nSPS) is 16.4. The van der Waals surface area contributed by atoms with E-state index in [1.54, 1.807) is 0 Å². The molecule has 6 heteroatoms. The molecule has 0 saturated carbocycles. The maximum atomic E-state index is 5.99. The second-order valence-corrected chi connectivity index (χ2v) is 4.60. The summed E-state index contributed by atoms with van der Waals surface area (Å²) in [5.41, 5.74) is 2.76. The van der Waals surface area contributed by atoms with Crippen LogP contribution in [-0.4, -0.2) is 40.9 Å². The van der Waals surface area contributed by atoms with Gasteiger partial charge in [0.25, 0.3) is 0 Å². The number of ether oxygens (including phenoxy) is 1. The fourth-order valence-electron chi connectivity index (χ4n) is 2.22. The fraction of sp³-hybridized carbons (Fsp3) is 0.500. The minimum atomic E-state index is 0.382. The lowest BCUT2D eigenvalue weighted by atomic mass is 10.3. The summed E-state index contributed by atoms with van der Waals surface area (Å²) in [5, 5.41) is 2.20. The first-order chi connectivity index (χ1) is 8.79. The second kappa shape index (κ2) is 4.74. The van der Waals surface area contributed by atoms with Crippen molar-refractivity contribution in [1.82, 2.24) is 14.6 Å². The molecule has 2 aromatic heterocycles. The summed E-state index contributed by atoms with van der Waals surface area (Å²) in [4.78, 5) is 9.11. The molecular formula is C12H15ClN4O. The Bertz CT molecular complexity index is 562. The molecule has 5 nitrogen and oxygen atoms in total. The van der Waals surface area contributed by atoms with Crippen molar-refractivity contribution < 1.29 is 4.74 Å². The van der Waals surface area contributed by atoms with E-state index in [1.165, 1.54) is 0 Å². The van der Waals surface area contributed by atoms with Crippen LogP contribution >= 0.6 is 11.6 Å². The predicted octanol–water partition coefficient (Wildman–Crippen LogP) is 1.45. The zero-order valence-corrected chi connectivity index (χ0v) is 11.0. The molecule has 1 fully saturated rings. The number of halogens is 1. The molecule has 0 aromatic carbocycles. The van der Waals surface area contributed by atoms with Gasteiger partial charge in [0, 0.05) is 5.69 Å². The molecule has 3 rings (SSSR count). The molecule has 0 radical (unpaired) electrons. The Morgan fingerprint density at radius 1 is 1.28 bits per heavy atom. The van der Waals surface area contributed by atoms with Crippen molar-refractivity contribution >= 4 is 22.8 Å². The van der Waals surface area contributed by atoms with Crippen LogP contribution in [0.2, 0.25) is 0 Å². The maximum absolute atomic E-state index is 5.99. The molecule has 18 heavy (non-hydrogen) atoms. The van der Waals surface area contributed by atoms with Gasteiger partial charge >= 0.3 is 0 Å². The molecule has 0 unspecified atom stereocenters. The standard InChI is InChI=1S/C12H15ClN4O/c1-9-2-3-10-12(14-9)17(11(8-13)15-10)16-4-6-18-7-5-16/h2-3H,4-8H2,1H3. The Morgan fingerprint density at radius 2 is 2.06 bits per heavy atom. The topological polar surface area (TPSA) is 43.2 Å². The third kappa shape index (κ3) is 1.93. The highest BCUT2D eigenvalue weighted by atomic mass is 35.5. The number of morpholine rings is 1. The van der Waals surface area contributed by atoms with Crippen LogP contribution in [0.5, 0.6) is 0 Å². The van der Waals surface area contributed by atoms with Gasteiger partial charge < -0.3 is 9.75 Å². The maximum Gasteiger partial charge on any atom is 0.179 e. The minimum absolute atomic E-state index is 0.382. The van der Waals surface area contributed by atoms with Crippen LogP contribution in [0.1, 0.15) is 11.5 Å². The lowest BCUT2D eigenvalue weighted by Gasteiger charge is -2.30. The van der Waals surface area contributed by atoms with Gasteiger partial charge in [0.05, 0.1) is 32.2 Å². The fourth-order valence-corrected chi connectivity index (χ4v) is 2.40. The molecule has 3 heterocycles. The van der Waals surface area contributed by atoms with Crippen molar-refractivity contribution in [3.8, 4) is 0 Å². The number of fused-ring (bicyclic) bond motifs is 1. The van der Waals surface area contributed by atoms with Crippen LogP contribution in [0.3, 0.4) is 0 Å². The van der Waals surface area contributed by atoms with E-state index < -0.39 is 0 Å². The zero-order chi connectivity index (χ0) is 12.5. The van der Waals surface area contributed by atoms with E-state index in [0.717, 1.165) is 49.0 Å². The first-order valence-electron chi connectivity index (χ1n) is 6.03. The quantitative estimate of drug-likeness (QED) is 0.772. The van der Waals surface area contributed by atoms with Crippen LogP contribution in [0.15, 0.2) is 12.1 Å². The van der Waals surface area contributed by atoms with Crippen LogP contribution in [0.4, 0.5) is 0 Å². The summed E-state index contributed by atoms with van der Waals surface area (Å²) in [5.74, 6) is 1.22. The molecule has 1 saturated heterocycles. The molecule has 2 aromatic rings. The van der Waals surface area contributed by atoms with Gasteiger partial charge in [-0.2, -0.15) is 0 Å². The third-order valence-electron chi connectivity index (χ3n) is 3.08. The number of pyridine rings is 1. The highest BCUT2D eigenvalue weighted by Crippen LogP contribution is 2.17. The van der Waals surface area contributed by atoms with Gasteiger partial charge in [0.1, 0.15) is 11.3 Å². The van der Waals surface area contributed by atoms with Gasteiger partial charge in [0.2, 0.25) is 0 Å². The Balaban J connectivity index is 2.14. The van der Waals surface area contributed by atoms with E-state index in [9.17, 15) is 0 Å². The van der Waals surface area contributed by atoms with Crippen molar-refractivity contribution in [2.24, 2.45) is 0 Å². The summed E-state index contributed by atoms with van der Waals surface area (Å²) in [6, 6.07) is 3.96. The number of rotatable bonds is 2. The molecule has 0 bridgehead atoms. The van der Waals surface area contributed by atoms with E-state index in [2.05, 4.69) is 15.0 Å². The highest BCUT2D eigenvalue weighted by molar-refractivity contribution is 6.16. The number of aromatic nitrogens is 3. The number of alkyl halides is 1. The van der Waals surface area contributed by atoms with Crippen molar-refractivity contribution in [3.05, 3.63) is 23.7 Å². The number of hydrogen-bond donors (Lipinski definition) is 0. The number of hydrogen-bond acceptors (Lipinski definition) is 4. The van der Waals surface area contributed by atoms with Crippen molar-refractivity contribution in [2.75, 3.05) is 31.3 Å². The second-order valence-electron chi connectivity index (χ2n) is 4.33. The summed E-state index contributed by atoms with van der Waals surface area (Å²) in [7, 11) is 0. The van der Waals surface area contributed by atoms with E-state index in [4.69, 9.17) is 16.3 Å². The van der Waals surface area contributed by atoms with Gasteiger partial charge in [-0.05, 0) is 19.1 Å². The van der Waals surface area contributed by atoms with Gasteiger partial charge in [-0.1, -0.05) is 0 Å². The van der Waals surface area contributed by atoms with Crippen molar-refractivity contribution in [2.45, 2.75) is 12.8 Å². The first-order valence-corrected chi connectivity index (χ1v) is 6.57. The van der Waals surface area contributed by atoms with Crippen LogP contribution in [0.25, 0.3) is 11.2 Å². The summed E-state index contributed by atoms with van der Waals surface area (Å²) in [6.45, 7) is 5.12. The SMILES string of the molecule is Cc1ccc2nc(CCl)n(N3CCOCC3)c2n1. The first kappa shape index (κ1) is 11.7. The molecule has 0 spiro atoms. The smallest absolute Gasteiger partial charge is 0.179 e. The Kier molecular flexibility index (Phi) is 3.09. The molecule has 0 amide bonds. The highest BCUT2D eigenvalue weighted by Gasteiger charge is 2.19. The summed E-state index contributed by atoms with van der Waals surface area (Å²) in [6.07, 6.45) is 0. The van der Waals surface area contributed by atoms with E-state index in [0.29, 0.717) is 5.88 Å². The van der Waals surface area contributed by atoms with Crippen LogP contribution in [-0.2, 0) is 10.6 Å². The molecule has 0 atom stereocenters. The lowest BCUT2D eigenvalue weighted by Crippen LogP contribution is -2.44. The monoisotopic (exact) mass is 266 g/mol. The Morgan fingerprint density at radius 3 is 2.78 bits per heavy atom. The van der Waals surface area contributed by atoms with Gasteiger partial charge in [-0.15, -0.1) is 11.6 Å². The zero-order valence-electron chi connectivity index (χ0n) is 10.3. The third-order valence-corrected chi connectivity index (χ3v) is 3.32. The summed E-state index contributed by atoms with van der Waals surface area (Å²) < 4.78 is 7.42. The summed E-state index contributed by atoms with van der Waals surface area (Å²) >= 11 is 5.99. The van der Waals surface area contributed by atoms with Gasteiger partial charge in [0.15, 0.2) is 5.65 Å². The predicted molar refractivity (Wildman–Crippen MR) is 70.6 cm³/mol. The molecule has 1 aliphatic heterocycles. The average Bonchev–Trinajstić information content (AvgIpc) is 2.77. The minimum Gasteiger partial charge on any atom is -0.378 e. The van der Waals surface area contributed by atoms with Crippen molar-refractivity contribution in [1.29, 1.82) is 0 Å². The molecule has 1 aliphatic rings. The lowest BCUT2D eigenvalue weighted by molar-refractivity contribution is 0.111.